The van der Waals surface area contributed by atoms with Crippen LogP contribution in [0.15, 0.2) is 42.5 Å². The van der Waals surface area contributed by atoms with Crippen molar-refractivity contribution >= 4 is 28.6 Å². The number of carbonyl (C=O) groups excluding carboxylic acids is 1. The third-order valence-electron chi connectivity index (χ3n) is 3.16. The molecule has 0 aliphatic rings. The first-order chi connectivity index (χ1) is 10.6. The summed E-state index contributed by atoms with van der Waals surface area (Å²) in [6.07, 6.45) is 0. The summed E-state index contributed by atoms with van der Waals surface area (Å²) in [5.74, 6) is -0.793. The number of hydrogen-bond acceptors (Lipinski definition) is 4. The number of fused-ring (bicyclic) bond motifs is 1. The van der Waals surface area contributed by atoms with Crippen molar-refractivity contribution in [3.8, 4) is 11.3 Å². The molecule has 0 fully saturated rings. The van der Waals surface area contributed by atoms with E-state index in [-0.39, 0.29) is 18.4 Å². The lowest BCUT2D eigenvalue weighted by Crippen LogP contribution is -2.01. The quantitative estimate of drug-likeness (QED) is 0.648. The van der Waals surface area contributed by atoms with E-state index in [2.05, 4.69) is 14.7 Å². The van der Waals surface area contributed by atoms with Gasteiger partial charge in [-0.3, -0.25) is 0 Å². The van der Waals surface area contributed by atoms with E-state index in [9.17, 15) is 9.18 Å². The molecular weight excluding hydrogens is 319 g/mol. The standard InChI is InChI=1S/C16H10ClFN2O2.CH4/c1-22-16(21)10-4-7-12-13(8-10)20-15(17)14(19-12)9-2-5-11(18)6-3-9;/h2-8H,1H3;1H4. The van der Waals surface area contributed by atoms with Gasteiger partial charge in [-0.15, -0.1) is 0 Å². The van der Waals surface area contributed by atoms with Gasteiger partial charge in [0.2, 0.25) is 0 Å². The topological polar surface area (TPSA) is 52.1 Å². The average molecular weight is 333 g/mol. The molecule has 0 bridgehead atoms. The first kappa shape index (κ1) is 16.8. The molecule has 118 valence electrons. The van der Waals surface area contributed by atoms with Crippen molar-refractivity contribution in [1.82, 2.24) is 9.97 Å². The molecule has 0 saturated carbocycles. The molecule has 0 atom stereocenters. The molecule has 0 saturated heterocycles. The highest BCUT2D eigenvalue weighted by Gasteiger charge is 2.12. The number of benzene rings is 2. The van der Waals surface area contributed by atoms with Crippen LogP contribution in [-0.4, -0.2) is 23.0 Å². The van der Waals surface area contributed by atoms with Crippen molar-refractivity contribution in [3.63, 3.8) is 0 Å². The van der Waals surface area contributed by atoms with Crippen molar-refractivity contribution in [1.29, 1.82) is 0 Å². The molecule has 3 aromatic rings. The second-order valence-electron chi connectivity index (χ2n) is 4.56. The Kier molecular flexibility index (Phi) is 4.91. The van der Waals surface area contributed by atoms with E-state index in [1.807, 2.05) is 0 Å². The van der Waals surface area contributed by atoms with Crippen LogP contribution >= 0.6 is 11.6 Å². The van der Waals surface area contributed by atoms with Gasteiger partial charge in [0.25, 0.3) is 0 Å². The Morgan fingerprint density at radius 3 is 2.43 bits per heavy atom. The first-order valence-electron chi connectivity index (χ1n) is 6.40. The molecule has 0 aliphatic carbocycles. The average Bonchev–Trinajstić information content (AvgIpc) is 2.54. The molecule has 0 unspecified atom stereocenters. The molecule has 0 spiro atoms. The molecule has 1 heterocycles. The number of halogens is 2. The summed E-state index contributed by atoms with van der Waals surface area (Å²) in [6, 6.07) is 10.7. The van der Waals surface area contributed by atoms with Crippen LogP contribution in [0.5, 0.6) is 0 Å². The Morgan fingerprint density at radius 2 is 1.78 bits per heavy atom. The summed E-state index contributed by atoms with van der Waals surface area (Å²) in [6.45, 7) is 0. The minimum Gasteiger partial charge on any atom is -0.465 e. The van der Waals surface area contributed by atoms with Crippen LogP contribution < -0.4 is 0 Å². The Bertz CT molecular complexity index is 866. The number of ether oxygens (including phenoxy) is 1. The fourth-order valence-electron chi connectivity index (χ4n) is 2.07. The van der Waals surface area contributed by atoms with Gasteiger partial charge in [0, 0.05) is 5.56 Å². The van der Waals surface area contributed by atoms with Crippen LogP contribution in [0, 0.1) is 5.82 Å². The van der Waals surface area contributed by atoms with Crippen molar-refractivity contribution in [3.05, 3.63) is 59.0 Å². The lowest BCUT2D eigenvalue weighted by molar-refractivity contribution is 0.0601. The Hall–Kier alpha value is -2.53. The molecule has 3 rings (SSSR count). The predicted molar refractivity (Wildman–Crippen MR) is 88.0 cm³/mol. The summed E-state index contributed by atoms with van der Waals surface area (Å²) in [4.78, 5) is 20.2. The van der Waals surface area contributed by atoms with Gasteiger partial charge in [-0.05, 0) is 42.5 Å². The Labute approximate surface area is 137 Å². The van der Waals surface area contributed by atoms with Crippen LogP contribution in [0.2, 0.25) is 5.15 Å². The number of esters is 1. The van der Waals surface area contributed by atoms with Gasteiger partial charge in [0.05, 0.1) is 23.7 Å². The molecular formula is C17H14ClFN2O2. The van der Waals surface area contributed by atoms with Gasteiger partial charge in [-0.1, -0.05) is 19.0 Å². The minimum absolute atomic E-state index is 0. The first-order valence-corrected chi connectivity index (χ1v) is 6.78. The molecule has 0 aliphatic heterocycles. The van der Waals surface area contributed by atoms with E-state index in [0.29, 0.717) is 27.9 Å². The molecule has 0 amide bonds. The number of hydrogen-bond donors (Lipinski definition) is 0. The molecule has 23 heavy (non-hydrogen) atoms. The molecule has 2 aromatic carbocycles. The number of methoxy groups -OCH3 is 1. The van der Waals surface area contributed by atoms with Crippen LogP contribution in [0.4, 0.5) is 4.39 Å². The van der Waals surface area contributed by atoms with Crippen molar-refractivity contribution < 1.29 is 13.9 Å². The summed E-state index contributed by atoms with van der Waals surface area (Å²) >= 11 is 6.16. The fraction of sp³-hybridized carbons (Fsp3) is 0.118. The summed E-state index contributed by atoms with van der Waals surface area (Å²) in [7, 11) is 1.31. The number of carbonyl (C=O) groups is 1. The maximum atomic E-state index is 13.0. The van der Waals surface area contributed by atoms with E-state index < -0.39 is 5.97 Å². The molecule has 1 aromatic heterocycles. The van der Waals surface area contributed by atoms with E-state index in [1.165, 1.54) is 19.2 Å². The summed E-state index contributed by atoms with van der Waals surface area (Å²) in [5.41, 5.74) is 2.56. The van der Waals surface area contributed by atoms with Gasteiger partial charge < -0.3 is 4.74 Å². The zero-order chi connectivity index (χ0) is 15.7. The highest BCUT2D eigenvalue weighted by molar-refractivity contribution is 6.32. The Morgan fingerprint density at radius 1 is 1.09 bits per heavy atom. The second-order valence-corrected chi connectivity index (χ2v) is 4.92. The highest BCUT2D eigenvalue weighted by atomic mass is 35.5. The largest absolute Gasteiger partial charge is 0.465 e. The number of nitrogens with zero attached hydrogens (tertiary/aromatic N) is 2. The van der Waals surface area contributed by atoms with Gasteiger partial charge in [-0.25, -0.2) is 19.2 Å². The van der Waals surface area contributed by atoms with E-state index in [0.717, 1.165) is 0 Å². The molecule has 6 heteroatoms. The molecule has 0 N–H and O–H groups in total. The van der Waals surface area contributed by atoms with E-state index >= 15 is 0 Å². The Balaban J connectivity index is 0.00000192. The van der Waals surface area contributed by atoms with Gasteiger partial charge in [0.15, 0.2) is 5.15 Å². The van der Waals surface area contributed by atoms with Crippen LogP contribution in [0.25, 0.3) is 22.3 Å². The third-order valence-corrected chi connectivity index (χ3v) is 3.42. The minimum atomic E-state index is -0.456. The zero-order valence-electron chi connectivity index (χ0n) is 11.5. The number of aromatic nitrogens is 2. The molecule has 4 nitrogen and oxygen atoms in total. The van der Waals surface area contributed by atoms with Crippen LogP contribution in [0.1, 0.15) is 17.8 Å². The second kappa shape index (κ2) is 6.71. The van der Waals surface area contributed by atoms with Gasteiger partial charge >= 0.3 is 5.97 Å². The van der Waals surface area contributed by atoms with Crippen LogP contribution in [-0.2, 0) is 4.74 Å². The van der Waals surface area contributed by atoms with E-state index in [4.69, 9.17) is 11.6 Å². The van der Waals surface area contributed by atoms with Crippen LogP contribution in [0.3, 0.4) is 0 Å². The summed E-state index contributed by atoms with van der Waals surface area (Å²) in [5, 5.41) is 0.182. The van der Waals surface area contributed by atoms with Crippen molar-refractivity contribution in [2.24, 2.45) is 0 Å². The van der Waals surface area contributed by atoms with Gasteiger partial charge in [0.1, 0.15) is 11.5 Å². The lowest BCUT2D eigenvalue weighted by atomic mass is 10.1. The lowest BCUT2D eigenvalue weighted by Gasteiger charge is -2.06. The highest BCUT2D eigenvalue weighted by Crippen LogP contribution is 2.27. The zero-order valence-corrected chi connectivity index (χ0v) is 12.3. The SMILES string of the molecule is C.COC(=O)c1ccc2nc(-c3ccc(F)cc3)c(Cl)nc2c1. The maximum Gasteiger partial charge on any atom is 0.337 e. The van der Waals surface area contributed by atoms with Crippen molar-refractivity contribution in [2.45, 2.75) is 7.43 Å². The smallest absolute Gasteiger partial charge is 0.337 e. The normalized spacial score (nSPS) is 10.2. The van der Waals surface area contributed by atoms with Gasteiger partial charge in [-0.2, -0.15) is 0 Å². The maximum absolute atomic E-state index is 13.0. The number of rotatable bonds is 2. The van der Waals surface area contributed by atoms with Crippen molar-refractivity contribution in [2.75, 3.05) is 7.11 Å². The molecule has 0 radical (unpaired) electrons. The fourth-order valence-corrected chi connectivity index (χ4v) is 2.31. The predicted octanol–water partition coefficient (Wildman–Crippen LogP) is 4.51. The van der Waals surface area contributed by atoms with E-state index in [1.54, 1.807) is 30.3 Å². The summed E-state index contributed by atoms with van der Waals surface area (Å²) < 4.78 is 17.7. The monoisotopic (exact) mass is 332 g/mol. The third kappa shape index (κ3) is 3.29.